The number of carbonyl (C=O) groups is 1. The minimum absolute atomic E-state index is 0.118. The first kappa shape index (κ1) is 17.5. The number of alkyl halides is 2. The Morgan fingerprint density at radius 3 is 2.50 bits per heavy atom. The van der Waals surface area contributed by atoms with Crippen molar-refractivity contribution in [2.24, 2.45) is 0 Å². The zero-order chi connectivity index (χ0) is 15.4. The lowest BCUT2D eigenvalue weighted by Gasteiger charge is -2.24. The van der Waals surface area contributed by atoms with Crippen molar-refractivity contribution in [3.63, 3.8) is 0 Å². The third kappa shape index (κ3) is 6.74. The van der Waals surface area contributed by atoms with E-state index < -0.39 is 30.7 Å². The topological polar surface area (TPSA) is 50.4 Å². The summed E-state index contributed by atoms with van der Waals surface area (Å²) in [7, 11) is 0. The third-order valence-electron chi connectivity index (χ3n) is 2.89. The van der Waals surface area contributed by atoms with E-state index in [0.29, 0.717) is 5.25 Å². The average Bonchev–Trinajstić information content (AvgIpc) is 2.68. The first-order chi connectivity index (χ1) is 9.09. The SMILES string of the molecule is CC1SCCC1NCC(F)(F)CNC(=O)OC(C)(C)C. The van der Waals surface area contributed by atoms with E-state index in [1.165, 1.54) is 0 Å². The summed E-state index contributed by atoms with van der Waals surface area (Å²) in [5.74, 6) is -1.98. The maximum Gasteiger partial charge on any atom is 0.407 e. The molecule has 118 valence electrons. The second-order valence-electron chi connectivity index (χ2n) is 6.06. The molecule has 1 heterocycles. The van der Waals surface area contributed by atoms with Gasteiger partial charge in [-0.2, -0.15) is 11.8 Å². The van der Waals surface area contributed by atoms with Gasteiger partial charge in [-0.05, 0) is 32.9 Å². The Hall–Kier alpha value is -0.560. The molecule has 1 rings (SSSR count). The second-order valence-corrected chi connectivity index (χ2v) is 7.55. The van der Waals surface area contributed by atoms with Crippen molar-refractivity contribution in [3.05, 3.63) is 0 Å². The Kier molecular flexibility index (Phi) is 6.06. The van der Waals surface area contributed by atoms with Gasteiger partial charge in [0, 0.05) is 11.3 Å². The average molecular weight is 310 g/mol. The second kappa shape index (κ2) is 6.93. The van der Waals surface area contributed by atoms with Crippen LogP contribution in [0.4, 0.5) is 13.6 Å². The zero-order valence-electron chi connectivity index (χ0n) is 12.5. The number of halogens is 2. The van der Waals surface area contributed by atoms with E-state index in [2.05, 4.69) is 10.6 Å². The summed E-state index contributed by atoms with van der Waals surface area (Å²) >= 11 is 1.78. The number of hydrogen-bond donors (Lipinski definition) is 2. The predicted octanol–water partition coefficient (Wildman–Crippen LogP) is 2.63. The number of nitrogens with one attached hydrogen (secondary N) is 2. The molecule has 4 nitrogen and oxygen atoms in total. The molecule has 1 amide bonds. The highest BCUT2D eigenvalue weighted by atomic mass is 32.2. The van der Waals surface area contributed by atoms with Gasteiger partial charge in [0.05, 0.1) is 13.1 Å². The molecule has 2 unspecified atom stereocenters. The van der Waals surface area contributed by atoms with Crippen LogP contribution in [-0.4, -0.2) is 47.8 Å². The van der Waals surface area contributed by atoms with Gasteiger partial charge in [0.25, 0.3) is 5.92 Å². The van der Waals surface area contributed by atoms with E-state index in [9.17, 15) is 13.6 Å². The first-order valence-corrected chi connectivity index (χ1v) is 7.84. The van der Waals surface area contributed by atoms with Gasteiger partial charge in [-0.1, -0.05) is 6.92 Å². The normalized spacial score (nSPS) is 23.7. The number of hydrogen-bond acceptors (Lipinski definition) is 4. The fraction of sp³-hybridized carbons (Fsp3) is 0.923. The summed E-state index contributed by atoms with van der Waals surface area (Å²) in [5.41, 5.74) is -0.686. The largest absolute Gasteiger partial charge is 0.444 e. The van der Waals surface area contributed by atoms with E-state index in [0.717, 1.165) is 12.2 Å². The van der Waals surface area contributed by atoms with E-state index in [1.54, 1.807) is 32.5 Å². The van der Waals surface area contributed by atoms with Gasteiger partial charge in [-0.3, -0.25) is 0 Å². The maximum absolute atomic E-state index is 13.7. The molecule has 2 N–H and O–H groups in total. The van der Waals surface area contributed by atoms with Crippen molar-refractivity contribution in [1.82, 2.24) is 10.6 Å². The van der Waals surface area contributed by atoms with E-state index in [1.807, 2.05) is 6.92 Å². The summed E-state index contributed by atoms with van der Waals surface area (Å²) in [6.07, 6.45) is 0.0865. The molecule has 2 atom stereocenters. The molecule has 0 aromatic heterocycles. The van der Waals surface area contributed by atoms with Crippen molar-refractivity contribution in [3.8, 4) is 0 Å². The summed E-state index contributed by atoms with van der Waals surface area (Å²) in [5, 5.41) is 5.34. The molecular formula is C13H24F2N2O2S. The van der Waals surface area contributed by atoms with Crippen molar-refractivity contribution in [2.75, 3.05) is 18.8 Å². The van der Waals surface area contributed by atoms with Crippen LogP contribution in [0.1, 0.15) is 34.1 Å². The summed E-state index contributed by atoms with van der Waals surface area (Å²) in [6, 6.07) is 0.118. The van der Waals surface area contributed by atoms with E-state index in [-0.39, 0.29) is 6.04 Å². The molecule has 0 saturated carbocycles. The molecule has 1 saturated heterocycles. The van der Waals surface area contributed by atoms with Crippen LogP contribution in [0.5, 0.6) is 0 Å². The molecule has 0 aromatic carbocycles. The molecule has 0 spiro atoms. The van der Waals surface area contributed by atoms with Crippen LogP contribution in [0.2, 0.25) is 0 Å². The van der Waals surface area contributed by atoms with Crippen LogP contribution in [0.3, 0.4) is 0 Å². The van der Waals surface area contributed by atoms with Crippen LogP contribution in [0.25, 0.3) is 0 Å². The Morgan fingerprint density at radius 2 is 2.00 bits per heavy atom. The fourth-order valence-corrected chi connectivity index (χ4v) is 3.08. The summed E-state index contributed by atoms with van der Waals surface area (Å²) < 4.78 is 32.2. The number of alkyl carbamates (subject to hydrolysis) is 1. The lowest BCUT2D eigenvalue weighted by Crippen LogP contribution is -2.47. The molecule has 0 aromatic rings. The van der Waals surface area contributed by atoms with Gasteiger partial charge in [0.15, 0.2) is 0 Å². The van der Waals surface area contributed by atoms with Gasteiger partial charge >= 0.3 is 6.09 Å². The first-order valence-electron chi connectivity index (χ1n) is 6.79. The van der Waals surface area contributed by atoms with E-state index in [4.69, 9.17) is 4.74 Å². The van der Waals surface area contributed by atoms with Crippen LogP contribution in [0, 0.1) is 0 Å². The van der Waals surface area contributed by atoms with Crippen molar-refractivity contribution in [2.45, 2.75) is 56.9 Å². The molecule has 1 aliphatic heterocycles. The van der Waals surface area contributed by atoms with Crippen molar-refractivity contribution < 1.29 is 18.3 Å². The lowest BCUT2D eigenvalue weighted by molar-refractivity contribution is -0.00544. The number of amides is 1. The van der Waals surface area contributed by atoms with Gasteiger partial charge in [0.2, 0.25) is 0 Å². The number of rotatable bonds is 5. The van der Waals surface area contributed by atoms with Crippen LogP contribution >= 0.6 is 11.8 Å². The molecule has 1 aliphatic rings. The molecule has 0 aliphatic carbocycles. The number of ether oxygens (including phenoxy) is 1. The molecule has 7 heteroatoms. The van der Waals surface area contributed by atoms with E-state index >= 15 is 0 Å². The highest BCUT2D eigenvalue weighted by molar-refractivity contribution is 8.00. The maximum atomic E-state index is 13.7. The molecule has 1 fully saturated rings. The number of carbonyl (C=O) groups excluding carboxylic acids is 1. The minimum atomic E-state index is -2.98. The van der Waals surface area contributed by atoms with Crippen molar-refractivity contribution >= 4 is 17.9 Å². The summed E-state index contributed by atoms with van der Waals surface area (Å²) in [6.45, 7) is 5.94. The van der Waals surface area contributed by atoms with Gasteiger partial charge < -0.3 is 15.4 Å². The van der Waals surface area contributed by atoms with Crippen molar-refractivity contribution in [1.29, 1.82) is 0 Å². The number of thioether (sulfide) groups is 1. The van der Waals surface area contributed by atoms with Crippen LogP contribution in [-0.2, 0) is 4.74 Å². The molecular weight excluding hydrogens is 286 g/mol. The van der Waals surface area contributed by atoms with Gasteiger partial charge in [0.1, 0.15) is 5.60 Å². The predicted molar refractivity (Wildman–Crippen MR) is 77.5 cm³/mol. The van der Waals surface area contributed by atoms with Crippen LogP contribution < -0.4 is 10.6 Å². The lowest BCUT2D eigenvalue weighted by atomic mass is 10.1. The van der Waals surface area contributed by atoms with Crippen LogP contribution in [0.15, 0.2) is 0 Å². The summed E-state index contributed by atoms with van der Waals surface area (Å²) in [4.78, 5) is 11.3. The highest BCUT2D eigenvalue weighted by Gasteiger charge is 2.33. The Balaban J connectivity index is 2.28. The third-order valence-corrected chi connectivity index (χ3v) is 4.22. The minimum Gasteiger partial charge on any atom is -0.444 e. The molecule has 0 radical (unpaired) electrons. The Morgan fingerprint density at radius 1 is 1.35 bits per heavy atom. The monoisotopic (exact) mass is 310 g/mol. The highest BCUT2D eigenvalue weighted by Crippen LogP contribution is 2.26. The van der Waals surface area contributed by atoms with Gasteiger partial charge in [-0.15, -0.1) is 0 Å². The Labute approximate surface area is 123 Å². The zero-order valence-corrected chi connectivity index (χ0v) is 13.3. The quantitative estimate of drug-likeness (QED) is 0.819. The Bertz CT molecular complexity index is 335. The standard InChI is InChI=1S/C13H24F2N2O2S/c1-9-10(5-6-20-9)16-7-13(14,15)8-17-11(18)19-12(2,3)4/h9-10,16H,5-8H2,1-4H3,(H,17,18). The molecule has 0 bridgehead atoms. The molecule has 20 heavy (non-hydrogen) atoms. The smallest absolute Gasteiger partial charge is 0.407 e. The van der Waals surface area contributed by atoms with Gasteiger partial charge in [-0.25, -0.2) is 13.6 Å². The fourth-order valence-electron chi connectivity index (χ4n) is 1.86.